The molecule has 110 valence electrons. The van der Waals surface area contributed by atoms with Crippen molar-refractivity contribution in [1.29, 1.82) is 0 Å². The molecule has 3 rings (SSSR count). The summed E-state index contributed by atoms with van der Waals surface area (Å²) >= 11 is 3.10. The van der Waals surface area contributed by atoms with Crippen LogP contribution in [-0.2, 0) is 0 Å². The lowest BCUT2D eigenvalue weighted by molar-refractivity contribution is 0.102. The molecule has 8 heteroatoms. The number of nitrogens with one attached hydrogen (secondary N) is 2. The maximum absolute atomic E-state index is 13.4. The van der Waals surface area contributed by atoms with Crippen LogP contribution >= 0.6 is 15.9 Å². The number of aryl methyl sites for hydroxylation is 1. The van der Waals surface area contributed by atoms with Gasteiger partial charge < -0.3 is 10.6 Å². The Balaban J connectivity index is 1.76. The molecule has 0 atom stereocenters. The average molecular weight is 354 g/mol. The number of carbonyl (C=O) groups excluding carboxylic acids is 1. The van der Waals surface area contributed by atoms with E-state index in [2.05, 4.69) is 36.9 Å². The zero-order valence-corrected chi connectivity index (χ0v) is 12.8. The second-order valence-corrected chi connectivity index (χ2v) is 5.79. The number of rotatable bonds is 3. The van der Waals surface area contributed by atoms with E-state index in [1.807, 2.05) is 0 Å². The van der Waals surface area contributed by atoms with Gasteiger partial charge in [-0.2, -0.15) is 0 Å². The second-order valence-electron chi connectivity index (χ2n) is 4.93. The Kier molecular flexibility index (Phi) is 3.73. The van der Waals surface area contributed by atoms with Gasteiger partial charge in [-0.05, 0) is 40.5 Å². The summed E-state index contributed by atoms with van der Waals surface area (Å²) in [5.74, 6) is -0.732. The van der Waals surface area contributed by atoms with E-state index in [1.165, 1.54) is 12.1 Å². The van der Waals surface area contributed by atoms with Gasteiger partial charge in [0.05, 0.1) is 16.7 Å². The Morgan fingerprint density at radius 3 is 2.95 bits per heavy atom. The summed E-state index contributed by atoms with van der Waals surface area (Å²) in [5, 5.41) is 13.7. The van der Waals surface area contributed by atoms with Crippen LogP contribution in [0.1, 0.15) is 22.1 Å². The van der Waals surface area contributed by atoms with Crippen molar-refractivity contribution in [1.82, 2.24) is 20.3 Å². The summed E-state index contributed by atoms with van der Waals surface area (Å²) < 4.78 is 15.3. The van der Waals surface area contributed by atoms with Crippen molar-refractivity contribution in [3.8, 4) is 0 Å². The van der Waals surface area contributed by atoms with Gasteiger partial charge in [0.15, 0.2) is 5.69 Å². The maximum atomic E-state index is 13.4. The van der Waals surface area contributed by atoms with E-state index in [-0.39, 0.29) is 23.5 Å². The number of hydrogen-bond donors (Lipinski definition) is 2. The first kappa shape index (κ1) is 14.2. The highest BCUT2D eigenvalue weighted by Crippen LogP contribution is 2.24. The third-order valence-electron chi connectivity index (χ3n) is 3.39. The summed E-state index contributed by atoms with van der Waals surface area (Å²) in [7, 11) is 0. The largest absolute Gasteiger partial charge is 0.320 e. The smallest absolute Gasteiger partial charge is 0.277 e. The highest BCUT2D eigenvalue weighted by atomic mass is 79.9. The molecule has 0 radical (unpaired) electrons. The van der Waals surface area contributed by atoms with E-state index in [1.54, 1.807) is 17.8 Å². The molecular weight excluding hydrogens is 341 g/mol. The van der Waals surface area contributed by atoms with Crippen LogP contribution in [0.4, 0.5) is 10.1 Å². The molecule has 2 N–H and O–H groups in total. The first-order chi connectivity index (χ1) is 10.0. The summed E-state index contributed by atoms with van der Waals surface area (Å²) in [4.78, 5) is 12.2. The number of amides is 1. The van der Waals surface area contributed by atoms with Gasteiger partial charge in [0.2, 0.25) is 0 Å². The standard InChI is InChI=1S/C13H13BrFN5O/c1-7-2-10(15)9(14)3-11(7)17-13(21)12-6-20(19-18-12)8-4-16-5-8/h2-3,6,8,16H,4-5H2,1H3,(H,17,21). The van der Waals surface area contributed by atoms with E-state index in [9.17, 15) is 9.18 Å². The Morgan fingerprint density at radius 2 is 2.29 bits per heavy atom. The molecule has 0 bridgehead atoms. The van der Waals surface area contributed by atoms with Gasteiger partial charge in [-0.15, -0.1) is 5.10 Å². The normalized spacial score (nSPS) is 14.8. The monoisotopic (exact) mass is 353 g/mol. The number of hydrogen-bond acceptors (Lipinski definition) is 4. The van der Waals surface area contributed by atoms with Crippen molar-refractivity contribution < 1.29 is 9.18 Å². The summed E-state index contributed by atoms with van der Waals surface area (Å²) in [6.07, 6.45) is 1.62. The lowest BCUT2D eigenvalue weighted by Gasteiger charge is -2.26. The number of benzene rings is 1. The van der Waals surface area contributed by atoms with Crippen LogP contribution in [0, 0.1) is 12.7 Å². The lowest BCUT2D eigenvalue weighted by atomic mass is 10.2. The van der Waals surface area contributed by atoms with Gasteiger partial charge in [0.1, 0.15) is 5.82 Å². The number of anilines is 1. The SMILES string of the molecule is Cc1cc(F)c(Br)cc1NC(=O)c1cn(C2CNC2)nn1. The van der Waals surface area contributed by atoms with Gasteiger partial charge in [-0.1, -0.05) is 5.21 Å². The van der Waals surface area contributed by atoms with Crippen molar-refractivity contribution in [3.63, 3.8) is 0 Å². The second kappa shape index (κ2) is 5.53. The van der Waals surface area contributed by atoms with Crippen LogP contribution < -0.4 is 10.6 Å². The Hall–Kier alpha value is -1.80. The van der Waals surface area contributed by atoms with E-state index in [0.29, 0.717) is 15.7 Å². The van der Waals surface area contributed by atoms with E-state index < -0.39 is 0 Å². The van der Waals surface area contributed by atoms with Gasteiger partial charge in [0, 0.05) is 18.8 Å². The molecule has 0 spiro atoms. The fourth-order valence-electron chi connectivity index (χ4n) is 1.99. The van der Waals surface area contributed by atoms with Gasteiger partial charge >= 0.3 is 0 Å². The fraction of sp³-hybridized carbons (Fsp3) is 0.308. The Labute approximate surface area is 128 Å². The van der Waals surface area contributed by atoms with Crippen LogP contribution in [0.5, 0.6) is 0 Å². The molecule has 0 saturated carbocycles. The van der Waals surface area contributed by atoms with Gasteiger partial charge in [-0.3, -0.25) is 4.79 Å². The maximum Gasteiger partial charge on any atom is 0.277 e. The first-order valence-corrected chi connectivity index (χ1v) is 7.23. The van der Waals surface area contributed by atoms with Crippen LogP contribution in [-0.4, -0.2) is 34.0 Å². The lowest BCUT2D eigenvalue weighted by Crippen LogP contribution is -2.43. The number of carbonyl (C=O) groups is 1. The molecule has 1 aromatic heterocycles. The molecule has 2 heterocycles. The molecule has 0 unspecified atom stereocenters. The minimum Gasteiger partial charge on any atom is -0.320 e. The first-order valence-electron chi connectivity index (χ1n) is 6.44. The molecule has 1 fully saturated rings. The topological polar surface area (TPSA) is 71.8 Å². The molecule has 1 aromatic carbocycles. The van der Waals surface area contributed by atoms with Crippen molar-refractivity contribution in [2.75, 3.05) is 18.4 Å². The zero-order valence-electron chi connectivity index (χ0n) is 11.2. The number of halogens is 2. The third kappa shape index (κ3) is 2.81. The fourth-order valence-corrected chi connectivity index (χ4v) is 2.33. The molecule has 2 aromatic rings. The van der Waals surface area contributed by atoms with Crippen LogP contribution in [0.2, 0.25) is 0 Å². The number of aromatic nitrogens is 3. The minimum absolute atomic E-state index is 0.238. The summed E-state index contributed by atoms with van der Waals surface area (Å²) in [6, 6.07) is 3.14. The summed E-state index contributed by atoms with van der Waals surface area (Å²) in [6.45, 7) is 3.38. The van der Waals surface area contributed by atoms with Crippen LogP contribution in [0.3, 0.4) is 0 Å². The summed E-state index contributed by atoms with van der Waals surface area (Å²) in [5.41, 5.74) is 1.41. The van der Waals surface area contributed by atoms with Crippen molar-refractivity contribution in [2.45, 2.75) is 13.0 Å². The van der Waals surface area contributed by atoms with Crippen molar-refractivity contribution >= 4 is 27.5 Å². The molecule has 1 aliphatic heterocycles. The van der Waals surface area contributed by atoms with E-state index in [0.717, 1.165) is 13.1 Å². The predicted octanol–water partition coefficient (Wildman–Crippen LogP) is 1.88. The molecule has 6 nitrogen and oxygen atoms in total. The minimum atomic E-state index is -0.367. The Bertz CT molecular complexity index is 698. The van der Waals surface area contributed by atoms with Gasteiger partial charge in [-0.25, -0.2) is 9.07 Å². The molecular formula is C13H13BrFN5O. The molecule has 1 amide bonds. The molecule has 1 saturated heterocycles. The number of nitrogens with zero attached hydrogens (tertiary/aromatic N) is 3. The van der Waals surface area contributed by atoms with Crippen LogP contribution in [0.25, 0.3) is 0 Å². The van der Waals surface area contributed by atoms with Crippen molar-refractivity contribution in [2.24, 2.45) is 0 Å². The predicted molar refractivity (Wildman–Crippen MR) is 78.7 cm³/mol. The van der Waals surface area contributed by atoms with Gasteiger partial charge in [0.25, 0.3) is 5.91 Å². The van der Waals surface area contributed by atoms with E-state index >= 15 is 0 Å². The molecule has 21 heavy (non-hydrogen) atoms. The third-order valence-corrected chi connectivity index (χ3v) is 4.00. The highest BCUT2D eigenvalue weighted by molar-refractivity contribution is 9.10. The van der Waals surface area contributed by atoms with Crippen molar-refractivity contribution in [3.05, 3.63) is 39.9 Å². The average Bonchev–Trinajstić information content (AvgIpc) is 2.83. The quantitative estimate of drug-likeness (QED) is 0.883. The Morgan fingerprint density at radius 1 is 1.52 bits per heavy atom. The van der Waals surface area contributed by atoms with E-state index in [4.69, 9.17) is 0 Å². The zero-order chi connectivity index (χ0) is 15.0. The van der Waals surface area contributed by atoms with Crippen LogP contribution in [0.15, 0.2) is 22.8 Å². The molecule has 1 aliphatic rings. The highest BCUT2D eigenvalue weighted by Gasteiger charge is 2.22. The molecule has 0 aliphatic carbocycles.